The highest BCUT2D eigenvalue weighted by molar-refractivity contribution is 6.36. The number of anilines is 1. The Morgan fingerprint density at radius 2 is 1.53 bits per heavy atom. The largest absolute Gasteiger partial charge is 0.490 e. The first-order valence-corrected chi connectivity index (χ1v) is 10.6. The van der Waals surface area contributed by atoms with Crippen molar-refractivity contribution in [3.05, 3.63) is 85.6 Å². The second-order valence-corrected chi connectivity index (χ2v) is 7.98. The van der Waals surface area contributed by atoms with Crippen molar-refractivity contribution in [2.45, 2.75) is 20.1 Å². The predicted octanol–water partition coefficient (Wildman–Crippen LogP) is 8.03. The van der Waals surface area contributed by atoms with Gasteiger partial charge in [0.1, 0.15) is 12.4 Å². The molecule has 8 heteroatoms. The van der Waals surface area contributed by atoms with Crippen molar-refractivity contribution in [1.82, 2.24) is 0 Å². The molecule has 0 amide bonds. The van der Waals surface area contributed by atoms with E-state index in [0.29, 0.717) is 50.3 Å². The molecule has 3 aromatic rings. The molecule has 0 saturated carbocycles. The smallest absolute Gasteiger partial charge is 0.163 e. The number of halogens is 5. The van der Waals surface area contributed by atoms with Gasteiger partial charge in [0, 0.05) is 28.2 Å². The topological polar surface area (TPSA) is 30.5 Å². The summed E-state index contributed by atoms with van der Waals surface area (Å²) in [6, 6.07) is 12.9. The van der Waals surface area contributed by atoms with E-state index >= 15 is 0 Å². The Kier molecular flexibility index (Phi) is 7.95. The normalized spacial score (nSPS) is 10.7. The van der Waals surface area contributed by atoms with Crippen LogP contribution in [0.15, 0.2) is 48.5 Å². The molecule has 0 fully saturated rings. The molecule has 30 heavy (non-hydrogen) atoms. The fourth-order valence-electron chi connectivity index (χ4n) is 2.71. The molecule has 0 atom stereocenters. The van der Waals surface area contributed by atoms with Gasteiger partial charge in [-0.15, -0.1) is 0 Å². The molecule has 0 aromatic heterocycles. The van der Waals surface area contributed by atoms with Gasteiger partial charge in [0.2, 0.25) is 0 Å². The van der Waals surface area contributed by atoms with Crippen molar-refractivity contribution in [2.75, 3.05) is 11.9 Å². The number of nitrogens with one attached hydrogen (secondary N) is 1. The summed E-state index contributed by atoms with van der Waals surface area (Å²) < 4.78 is 24.8. The predicted molar refractivity (Wildman–Crippen MR) is 122 cm³/mol. The van der Waals surface area contributed by atoms with E-state index in [1.54, 1.807) is 30.3 Å². The average molecular weight is 489 g/mol. The molecule has 0 spiro atoms. The monoisotopic (exact) mass is 487 g/mol. The summed E-state index contributed by atoms with van der Waals surface area (Å²) in [5, 5.41) is 5.09. The highest BCUT2D eigenvalue weighted by atomic mass is 35.5. The fraction of sp³-hybridized carbons (Fsp3) is 0.182. The van der Waals surface area contributed by atoms with Gasteiger partial charge in [-0.2, -0.15) is 0 Å². The molecule has 3 rings (SSSR count). The zero-order valence-electron chi connectivity index (χ0n) is 15.9. The second-order valence-electron chi connectivity index (χ2n) is 6.33. The minimum Gasteiger partial charge on any atom is -0.490 e. The van der Waals surface area contributed by atoms with Crippen molar-refractivity contribution in [2.24, 2.45) is 0 Å². The fourth-order valence-corrected chi connectivity index (χ4v) is 3.63. The molecule has 0 bridgehead atoms. The van der Waals surface area contributed by atoms with Gasteiger partial charge in [-0.25, -0.2) is 4.39 Å². The second kappa shape index (κ2) is 10.5. The Morgan fingerprint density at radius 3 is 2.23 bits per heavy atom. The van der Waals surface area contributed by atoms with Gasteiger partial charge in [-0.3, -0.25) is 0 Å². The van der Waals surface area contributed by atoms with Crippen LogP contribution in [0.4, 0.5) is 10.1 Å². The van der Waals surface area contributed by atoms with Crippen molar-refractivity contribution < 1.29 is 13.9 Å². The lowest BCUT2D eigenvalue weighted by molar-refractivity contribution is 0.269. The maximum atomic E-state index is 13.2. The van der Waals surface area contributed by atoms with Gasteiger partial charge in [0.05, 0.1) is 22.3 Å². The molecule has 3 nitrogen and oxygen atoms in total. The van der Waals surface area contributed by atoms with E-state index in [9.17, 15) is 4.39 Å². The summed E-state index contributed by atoms with van der Waals surface area (Å²) in [4.78, 5) is 0. The number of benzene rings is 3. The maximum Gasteiger partial charge on any atom is 0.163 e. The summed E-state index contributed by atoms with van der Waals surface area (Å²) in [5.74, 6) is 0.606. The minimum absolute atomic E-state index is 0.146. The average Bonchev–Trinajstić information content (AvgIpc) is 2.69. The highest BCUT2D eigenvalue weighted by Crippen LogP contribution is 2.35. The van der Waals surface area contributed by atoms with Crippen molar-refractivity contribution in [3.8, 4) is 11.5 Å². The summed E-state index contributed by atoms with van der Waals surface area (Å²) in [6.07, 6.45) is 0. The van der Waals surface area contributed by atoms with E-state index in [0.717, 1.165) is 11.3 Å². The molecule has 158 valence electrons. The van der Waals surface area contributed by atoms with E-state index in [-0.39, 0.29) is 6.61 Å². The van der Waals surface area contributed by atoms with Crippen LogP contribution in [0, 0.1) is 5.82 Å². The van der Waals surface area contributed by atoms with Crippen LogP contribution in [0.3, 0.4) is 0 Å². The number of hydrogen-bond acceptors (Lipinski definition) is 3. The van der Waals surface area contributed by atoms with Crippen LogP contribution < -0.4 is 14.8 Å². The molecular formula is C22H18Cl4FNO2. The molecule has 0 aliphatic carbocycles. The van der Waals surface area contributed by atoms with Crippen LogP contribution in [-0.2, 0) is 13.2 Å². The SMILES string of the molecule is CCOc1cc(CNc2ccc(Cl)cc2Cl)c(Cl)cc1OCc1ccc(F)cc1Cl. The van der Waals surface area contributed by atoms with Crippen molar-refractivity contribution >= 4 is 52.1 Å². The minimum atomic E-state index is -0.403. The molecule has 1 N–H and O–H groups in total. The Labute approximate surface area is 194 Å². The van der Waals surface area contributed by atoms with Crippen LogP contribution in [0.25, 0.3) is 0 Å². The van der Waals surface area contributed by atoms with Gasteiger partial charge < -0.3 is 14.8 Å². The number of hydrogen-bond donors (Lipinski definition) is 1. The van der Waals surface area contributed by atoms with Gasteiger partial charge in [0.25, 0.3) is 0 Å². The van der Waals surface area contributed by atoms with Crippen LogP contribution in [0.1, 0.15) is 18.1 Å². The van der Waals surface area contributed by atoms with Gasteiger partial charge >= 0.3 is 0 Å². The van der Waals surface area contributed by atoms with Crippen LogP contribution in [0.5, 0.6) is 11.5 Å². The molecular weight excluding hydrogens is 471 g/mol. The van der Waals surface area contributed by atoms with E-state index in [4.69, 9.17) is 55.9 Å². The van der Waals surface area contributed by atoms with E-state index in [1.165, 1.54) is 12.1 Å². The molecule has 0 aliphatic rings. The third-order valence-electron chi connectivity index (χ3n) is 4.21. The zero-order valence-corrected chi connectivity index (χ0v) is 19.0. The highest BCUT2D eigenvalue weighted by Gasteiger charge is 2.13. The summed E-state index contributed by atoms with van der Waals surface area (Å²) >= 11 is 24.7. The van der Waals surface area contributed by atoms with Gasteiger partial charge in [0.15, 0.2) is 11.5 Å². The third kappa shape index (κ3) is 5.86. The lowest BCUT2D eigenvalue weighted by atomic mass is 10.2. The number of ether oxygens (including phenoxy) is 2. The standard InChI is InChI=1S/C22H18Cl4FNO2/c1-2-29-21-7-14(11-28-20-6-4-15(23)8-19(20)26)18(25)10-22(21)30-12-13-3-5-16(27)9-17(13)24/h3-10,28H,2,11-12H2,1H3. The maximum absolute atomic E-state index is 13.2. The van der Waals surface area contributed by atoms with Crippen LogP contribution in [0.2, 0.25) is 20.1 Å². The molecule has 0 aliphatic heterocycles. The first kappa shape index (κ1) is 22.8. The first-order chi connectivity index (χ1) is 14.4. The Morgan fingerprint density at radius 1 is 0.800 bits per heavy atom. The van der Waals surface area contributed by atoms with E-state index in [1.807, 2.05) is 13.0 Å². The summed E-state index contributed by atoms with van der Waals surface area (Å²) in [5.41, 5.74) is 2.19. The Bertz CT molecular complexity index is 1050. The van der Waals surface area contributed by atoms with Gasteiger partial charge in [-0.1, -0.05) is 52.5 Å². The molecule has 0 radical (unpaired) electrons. The van der Waals surface area contributed by atoms with Crippen LogP contribution in [-0.4, -0.2) is 6.61 Å². The molecule has 3 aromatic carbocycles. The zero-order chi connectivity index (χ0) is 21.7. The van der Waals surface area contributed by atoms with E-state index < -0.39 is 5.82 Å². The molecule has 0 unspecified atom stereocenters. The van der Waals surface area contributed by atoms with Crippen molar-refractivity contribution in [3.63, 3.8) is 0 Å². The van der Waals surface area contributed by atoms with Gasteiger partial charge in [-0.05, 0) is 48.9 Å². The van der Waals surface area contributed by atoms with E-state index in [2.05, 4.69) is 5.32 Å². The molecule has 0 saturated heterocycles. The quantitative estimate of drug-likeness (QED) is 0.348. The third-order valence-corrected chi connectivity index (χ3v) is 5.46. The van der Waals surface area contributed by atoms with Crippen molar-refractivity contribution in [1.29, 1.82) is 0 Å². The lowest BCUT2D eigenvalue weighted by Gasteiger charge is -2.16. The molecule has 0 heterocycles. The summed E-state index contributed by atoms with van der Waals surface area (Å²) in [7, 11) is 0. The first-order valence-electron chi connectivity index (χ1n) is 9.08. The Hall–Kier alpha value is -1.85. The van der Waals surface area contributed by atoms with Crippen LogP contribution >= 0.6 is 46.4 Å². The summed E-state index contributed by atoms with van der Waals surface area (Å²) in [6.45, 7) is 2.89. The number of rotatable bonds is 8. The Balaban J connectivity index is 1.77. The lowest BCUT2D eigenvalue weighted by Crippen LogP contribution is -2.04.